The zero-order valence-corrected chi connectivity index (χ0v) is 10.1. The molecule has 0 aromatic carbocycles. The molecule has 0 atom stereocenters. The molecule has 2 N–H and O–H groups in total. The molecule has 0 aliphatic heterocycles. The quantitative estimate of drug-likeness (QED) is 0.765. The summed E-state index contributed by atoms with van der Waals surface area (Å²) in [4.78, 5) is 19.0. The fourth-order valence-electron chi connectivity index (χ4n) is 0.985. The van der Waals surface area contributed by atoms with E-state index in [4.69, 9.17) is 11.6 Å². The lowest BCUT2D eigenvalue weighted by atomic mass is 10.2. The highest BCUT2D eigenvalue weighted by Crippen LogP contribution is 2.04. The number of halogens is 1. The summed E-state index contributed by atoms with van der Waals surface area (Å²) >= 11 is 5.60. The van der Waals surface area contributed by atoms with E-state index in [1.54, 1.807) is 6.07 Å². The van der Waals surface area contributed by atoms with Gasteiger partial charge < -0.3 is 10.6 Å². The van der Waals surface area contributed by atoms with Gasteiger partial charge in [0.15, 0.2) is 0 Å². The summed E-state index contributed by atoms with van der Waals surface area (Å²) in [5.74, 6) is 0.917. The van der Waals surface area contributed by atoms with Gasteiger partial charge in [-0.1, -0.05) is 13.8 Å². The standard InChI is InChI=1S/C10H15ClN4O/c1-7(2)5-14-9(16)6-13-8-3-4-12-10(11)15-8/h3-4,7H,5-6H2,1-2H3,(H,14,16)(H,12,13,15). The van der Waals surface area contributed by atoms with Crippen molar-refractivity contribution < 1.29 is 4.79 Å². The summed E-state index contributed by atoms with van der Waals surface area (Å²) < 4.78 is 0. The van der Waals surface area contributed by atoms with Gasteiger partial charge in [-0.15, -0.1) is 0 Å². The van der Waals surface area contributed by atoms with Crippen LogP contribution in [-0.2, 0) is 4.79 Å². The summed E-state index contributed by atoms with van der Waals surface area (Å²) in [6.45, 7) is 4.93. The van der Waals surface area contributed by atoms with Gasteiger partial charge >= 0.3 is 0 Å². The highest BCUT2D eigenvalue weighted by molar-refractivity contribution is 6.28. The van der Waals surface area contributed by atoms with Crippen molar-refractivity contribution in [2.45, 2.75) is 13.8 Å². The normalized spacial score (nSPS) is 10.2. The van der Waals surface area contributed by atoms with Gasteiger partial charge in [0, 0.05) is 12.7 Å². The number of amides is 1. The number of carbonyl (C=O) groups is 1. The van der Waals surface area contributed by atoms with Crippen LogP contribution in [0.2, 0.25) is 5.28 Å². The molecule has 0 aliphatic rings. The largest absolute Gasteiger partial charge is 0.361 e. The number of rotatable bonds is 5. The first-order valence-corrected chi connectivity index (χ1v) is 5.45. The fraction of sp³-hybridized carbons (Fsp3) is 0.500. The molecule has 0 spiro atoms. The van der Waals surface area contributed by atoms with E-state index in [1.807, 2.05) is 13.8 Å². The Bertz CT molecular complexity index is 356. The molecule has 1 rings (SSSR count). The van der Waals surface area contributed by atoms with Crippen LogP contribution < -0.4 is 10.6 Å². The van der Waals surface area contributed by atoms with Crippen molar-refractivity contribution in [1.29, 1.82) is 0 Å². The predicted octanol–water partition coefficient (Wildman–Crippen LogP) is 1.31. The van der Waals surface area contributed by atoms with Gasteiger partial charge in [-0.05, 0) is 23.6 Å². The molecule has 0 radical (unpaired) electrons. The van der Waals surface area contributed by atoms with Crippen molar-refractivity contribution in [3.8, 4) is 0 Å². The van der Waals surface area contributed by atoms with Crippen LogP contribution >= 0.6 is 11.6 Å². The zero-order valence-electron chi connectivity index (χ0n) is 9.33. The van der Waals surface area contributed by atoms with Gasteiger partial charge in [0.1, 0.15) is 5.82 Å². The zero-order chi connectivity index (χ0) is 12.0. The molecule has 0 fully saturated rings. The lowest BCUT2D eigenvalue weighted by molar-refractivity contribution is -0.119. The third kappa shape index (κ3) is 4.93. The Balaban J connectivity index is 2.31. The Labute approximate surface area is 99.6 Å². The Hall–Kier alpha value is -1.36. The minimum absolute atomic E-state index is 0.0663. The smallest absolute Gasteiger partial charge is 0.239 e. The van der Waals surface area contributed by atoms with Gasteiger partial charge in [-0.25, -0.2) is 9.97 Å². The maximum absolute atomic E-state index is 11.4. The van der Waals surface area contributed by atoms with Gasteiger partial charge in [-0.2, -0.15) is 0 Å². The average Bonchev–Trinajstić information content (AvgIpc) is 2.23. The van der Waals surface area contributed by atoms with Gasteiger partial charge in [0.2, 0.25) is 11.2 Å². The SMILES string of the molecule is CC(C)CNC(=O)CNc1ccnc(Cl)n1. The van der Waals surface area contributed by atoms with Crippen LogP contribution in [0.3, 0.4) is 0 Å². The first-order valence-electron chi connectivity index (χ1n) is 5.07. The third-order valence-corrected chi connectivity index (χ3v) is 1.95. The summed E-state index contributed by atoms with van der Waals surface area (Å²) in [5, 5.41) is 5.81. The van der Waals surface area contributed by atoms with Gasteiger partial charge in [0.25, 0.3) is 0 Å². The number of hydrogen-bond acceptors (Lipinski definition) is 4. The molecule has 1 aromatic heterocycles. The highest BCUT2D eigenvalue weighted by atomic mass is 35.5. The van der Waals surface area contributed by atoms with E-state index in [2.05, 4.69) is 20.6 Å². The molecule has 0 saturated heterocycles. The minimum Gasteiger partial charge on any atom is -0.361 e. The second-order valence-corrected chi connectivity index (χ2v) is 4.10. The molecule has 0 saturated carbocycles. The van der Waals surface area contributed by atoms with Crippen LogP contribution in [0.5, 0.6) is 0 Å². The van der Waals surface area contributed by atoms with Gasteiger partial charge in [-0.3, -0.25) is 4.79 Å². The molecule has 16 heavy (non-hydrogen) atoms. The molecule has 0 aliphatic carbocycles. The van der Waals surface area contributed by atoms with Gasteiger partial charge in [0.05, 0.1) is 6.54 Å². The van der Waals surface area contributed by atoms with E-state index < -0.39 is 0 Å². The Morgan fingerprint density at radius 1 is 1.56 bits per heavy atom. The van der Waals surface area contributed by atoms with Crippen molar-refractivity contribution >= 4 is 23.3 Å². The number of carbonyl (C=O) groups excluding carboxylic acids is 1. The van der Waals surface area contributed by atoms with Crippen LogP contribution in [0.4, 0.5) is 5.82 Å². The maximum atomic E-state index is 11.4. The monoisotopic (exact) mass is 242 g/mol. The average molecular weight is 243 g/mol. The van der Waals surface area contributed by atoms with Crippen molar-refractivity contribution in [3.63, 3.8) is 0 Å². The number of nitrogens with one attached hydrogen (secondary N) is 2. The van der Waals surface area contributed by atoms with Crippen LogP contribution in [-0.4, -0.2) is 29.0 Å². The Morgan fingerprint density at radius 3 is 2.94 bits per heavy atom. The van der Waals surface area contributed by atoms with E-state index in [-0.39, 0.29) is 17.7 Å². The molecule has 0 unspecified atom stereocenters. The minimum atomic E-state index is -0.0663. The number of aromatic nitrogens is 2. The third-order valence-electron chi connectivity index (χ3n) is 1.76. The molecule has 0 bridgehead atoms. The lowest BCUT2D eigenvalue weighted by Gasteiger charge is -2.08. The first-order chi connectivity index (χ1) is 7.58. The lowest BCUT2D eigenvalue weighted by Crippen LogP contribution is -2.32. The fourth-order valence-corrected chi connectivity index (χ4v) is 1.13. The molecule has 5 nitrogen and oxygen atoms in total. The van der Waals surface area contributed by atoms with Crippen molar-refractivity contribution in [2.75, 3.05) is 18.4 Å². The van der Waals surface area contributed by atoms with E-state index in [1.165, 1.54) is 6.20 Å². The van der Waals surface area contributed by atoms with Crippen molar-refractivity contribution in [2.24, 2.45) is 5.92 Å². The highest BCUT2D eigenvalue weighted by Gasteiger charge is 2.02. The van der Waals surface area contributed by atoms with E-state index in [0.29, 0.717) is 18.3 Å². The summed E-state index contributed by atoms with van der Waals surface area (Å²) in [6.07, 6.45) is 1.53. The molecule has 6 heteroatoms. The topological polar surface area (TPSA) is 66.9 Å². The summed E-state index contributed by atoms with van der Waals surface area (Å²) in [6, 6.07) is 1.65. The molecular weight excluding hydrogens is 228 g/mol. The summed E-state index contributed by atoms with van der Waals surface area (Å²) in [5.41, 5.74) is 0. The van der Waals surface area contributed by atoms with Crippen molar-refractivity contribution in [3.05, 3.63) is 17.5 Å². The van der Waals surface area contributed by atoms with Crippen LogP contribution in [0, 0.1) is 5.92 Å². The van der Waals surface area contributed by atoms with E-state index in [9.17, 15) is 4.79 Å². The van der Waals surface area contributed by atoms with Crippen LogP contribution in [0.1, 0.15) is 13.8 Å². The van der Waals surface area contributed by atoms with Crippen molar-refractivity contribution in [1.82, 2.24) is 15.3 Å². The molecule has 1 aromatic rings. The molecule has 1 heterocycles. The summed E-state index contributed by atoms with van der Waals surface area (Å²) in [7, 11) is 0. The van der Waals surface area contributed by atoms with Crippen LogP contribution in [0.15, 0.2) is 12.3 Å². The second kappa shape index (κ2) is 6.27. The number of nitrogens with zero attached hydrogens (tertiary/aromatic N) is 2. The Morgan fingerprint density at radius 2 is 2.31 bits per heavy atom. The molecule has 88 valence electrons. The van der Waals surface area contributed by atoms with E-state index >= 15 is 0 Å². The molecule has 1 amide bonds. The van der Waals surface area contributed by atoms with E-state index in [0.717, 1.165) is 0 Å². The predicted molar refractivity (Wildman–Crippen MR) is 63.4 cm³/mol. The first kappa shape index (κ1) is 12.7. The number of anilines is 1. The Kier molecular flexibility index (Phi) is 4.98. The number of hydrogen-bond donors (Lipinski definition) is 2. The maximum Gasteiger partial charge on any atom is 0.239 e. The molecular formula is C10H15ClN4O. The van der Waals surface area contributed by atoms with Crippen LogP contribution in [0.25, 0.3) is 0 Å². The second-order valence-electron chi connectivity index (χ2n) is 3.76.